The van der Waals surface area contributed by atoms with E-state index < -0.39 is 34.7 Å². The lowest BCUT2D eigenvalue weighted by atomic mass is 9.60. The van der Waals surface area contributed by atoms with Crippen LogP contribution in [0.15, 0.2) is 0 Å². The molecule has 6 heteroatoms. The number of thiol groups is 1. The van der Waals surface area contributed by atoms with E-state index >= 15 is 0 Å². The summed E-state index contributed by atoms with van der Waals surface area (Å²) in [5.41, 5.74) is 0.159. The van der Waals surface area contributed by atoms with E-state index in [2.05, 4.69) is 13.8 Å². The Bertz CT molecular complexity index is 423. The number of rotatable bonds is 3. The van der Waals surface area contributed by atoms with Gasteiger partial charge >= 0.3 is 6.18 Å². The van der Waals surface area contributed by atoms with E-state index in [0.29, 0.717) is 0 Å². The largest absolute Gasteiger partial charge is 0.389 e. The van der Waals surface area contributed by atoms with Crippen LogP contribution in [0.25, 0.3) is 0 Å². The summed E-state index contributed by atoms with van der Waals surface area (Å²) >= 11 is 0. The van der Waals surface area contributed by atoms with Gasteiger partial charge in [-0.15, -0.1) is 0 Å². The van der Waals surface area contributed by atoms with Crippen LogP contribution in [0.3, 0.4) is 0 Å². The highest BCUT2D eigenvalue weighted by Gasteiger charge is 2.53. The van der Waals surface area contributed by atoms with Gasteiger partial charge in [0.1, 0.15) is 0 Å². The Morgan fingerprint density at radius 1 is 1.25 bits per heavy atom. The second kappa shape index (κ2) is 5.04. The van der Waals surface area contributed by atoms with Gasteiger partial charge in [-0.2, -0.15) is 24.1 Å². The molecular weight excluding hydrogens is 289 g/mol. The number of Topliss-reactive ketones (excluding diaryl/α,β-unsaturated/α-hetero) is 1. The summed E-state index contributed by atoms with van der Waals surface area (Å²) in [6.45, 7) is 5.80. The summed E-state index contributed by atoms with van der Waals surface area (Å²) < 4.78 is 36.9. The normalized spacial score (nSPS) is 36.2. The van der Waals surface area contributed by atoms with Crippen molar-refractivity contribution < 1.29 is 22.8 Å². The fraction of sp³-hybridized carbons (Fsp3) is 0.857. The zero-order chi connectivity index (χ0) is 15.3. The molecule has 1 saturated heterocycles. The molecule has 3 atom stereocenters. The molecular formula is C14H21F3O2S. The molecule has 0 radical (unpaired) electrons. The van der Waals surface area contributed by atoms with Crippen molar-refractivity contribution in [3.63, 3.8) is 0 Å². The molecule has 0 aromatic rings. The summed E-state index contributed by atoms with van der Waals surface area (Å²) in [7, 11) is -1.45. The van der Waals surface area contributed by atoms with E-state index in [-0.39, 0.29) is 28.0 Å². The highest BCUT2D eigenvalue weighted by Crippen LogP contribution is 2.55. The Kier molecular flexibility index (Phi) is 4.00. The first-order valence-electron chi connectivity index (χ1n) is 6.93. The summed E-state index contributed by atoms with van der Waals surface area (Å²) in [4.78, 5) is 24.5. The van der Waals surface area contributed by atoms with Crippen molar-refractivity contribution in [3.05, 3.63) is 0 Å². The third-order valence-electron chi connectivity index (χ3n) is 4.47. The lowest BCUT2D eigenvalue weighted by Crippen LogP contribution is -2.40. The van der Waals surface area contributed by atoms with E-state index in [4.69, 9.17) is 0 Å². The van der Waals surface area contributed by atoms with Crippen molar-refractivity contribution in [2.75, 3.05) is 5.75 Å². The van der Waals surface area contributed by atoms with Crippen LogP contribution in [0.5, 0.6) is 0 Å². The van der Waals surface area contributed by atoms with Gasteiger partial charge in [0.25, 0.3) is 0 Å². The van der Waals surface area contributed by atoms with Crippen LogP contribution in [-0.4, -0.2) is 28.1 Å². The smallest absolute Gasteiger partial charge is 0.298 e. The number of ketones is 1. The molecule has 1 saturated carbocycles. The maximum atomic E-state index is 12.3. The van der Waals surface area contributed by atoms with Gasteiger partial charge in [-0.3, -0.25) is 9.59 Å². The number of halogens is 3. The second-order valence-corrected chi connectivity index (χ2v) is 9.39. The third kappa shape index (κ3) is 3.05. The van der Waals surface area contributed by atoms with Crippen molar-refractivity contribution in [1.82, 2.24) is 0 Å². The molecule has 3 unspecified atom stereocenters. The second-order valence-electron chi connectivity index (χ2n) is 6.79. The number of hydrogen-bond donors (Lipinski definition) is 1. The molecule has 0 amide bonds. The number of hydrogen-bond acceptors (Lipinski definition) is 2. The predicted octanol–water partition coefficient (Wildman–Crippen LogP) is 3.49. The zero-order valence-corrected chi connectivity index (χ0v) is 12.9. The summed E-state index contributed by atoms with van der Waals surface area (Å²) in [6.07, 6.45) is -3.55. The highest BCUT2D eigenvalue weighted by atomic mass is 32.2. The van der Waals surface area contributed by atoms with Crippen LogP contribution in [0.1, 0.15) is 40.0 Å². The fourth-order valence-electron chi connectivity index (χ4n) is 3.49. The third-order valence-corrected chi connectivity index (χ3v) is 7.21. The van der Waals surface area contributed by atoms with Crippen LogP contribution in [0.4, 0.5) is 13.2 Å². The molecule has 2 fully saturated rings. The number of alkyl halides is 3. The minimum Gasteiger partial charge on any atom is -0.298 e. The average Bonchev–Trinajstić information content (AvgIpc) is 2.44. The van der Waals surface area contributed by atoms with Crippen LogP contribution < -0.4 is 0 Å². The first-order valence-corrected chi connectivity index (χ1v) is 8.52. The lowest BCUT2D eigenvalue weighted by Gasteiger charge is -2.44. The number of carbonyl (C=O) groups excluding carboxylic acids is 2. The monoisotopic (exact) mass is 310 g/mol. The Hall–Kier alpha value is -0.520. The van der Waals surface area contributed by atoms with Gasteiger partial charge in [-0.05, 0) is 36.9 Å². The lowest BCUT2D eigenvalue weighted by molar-refractivity contribution is -0.132. The molecule has 20 heavy (non-hydrogen) atoms. The minimum atomic E-state index is -4.25. The molecule has 1 aliphatic carbocycles. The predicted molar refractivity (Wildman–Crippen MR) is 74.0 cm³/mol. The van der Waals surface area contributed by atoms with Crippen molar-refractivity contribution in [1.29, 1.82) is 0 Å². The maximum absolute atomic E-state index is 12.3. The van der Waals surface area contributed by atoms with Gasteiger partial charge in [-0.1, -0.05) is 13.8 Å². The van der Waals surface area contributed by atoms with E-state index in [1.807, 2.05) is 0 Å². The molecule has 0 bridgehead atoms. The van der Waals surface area contributed by atoms with E-state index in [1.54, 1.807) is 6.92 Å². The standard InChI is InChI=1S/C14H21F3O2S/c1-8-11(18)10(9-6-13(2,3)7-9)12(19)20(8)5-4-14(15,16)17/h8-10,20H,4-7H2,1-3H3. The topological polar surface area (TPSA) is 34.1 Å². The summed E-state index contributed by atoms with van der Waals surface area (Å²) in [6, 6.07) is 0. The molecule has 2 nitrogen and oxygen atoms in total. The van der Waals surface area contributed by atoms with Crippen LogP contribution >= 0.6 is 10.9 Å². The molecule has 2 aliphatic rings. The van der Waals surface area contributed by atoms with Gasteiger partial charge in [0.2, 0.25) is 0 Å². The van der Waals surface area contributed by atoms with E-state index in [0.717, 1.165) is 12.8 Å². The summed E-state index contributed by atoms with van der Waals surface area (Å²) in [5.74, 6) is -0.844. The summed E-state index contributed by atoms with van der Waals surface area (Å²) in [5, 5.41) is -0.671. The van der Waals surface area contributed by atoms with Crippen LogP contribution in [0.2, 0.25) is 0 Å². The highest BCUT2D eigenvalue weighted by molar-refractivity contribution is 8.31. The maximum Gasteiger partial charge on any atom is 0.389 e. The van der Waals surface area contributed by atoms with Crippen molar-refractivity contribution in [2.45, 2.75) is 51.5 Å². The van der Waals surface area contributed by atoms with Crippen molar-refractivity contribution in [3.8, 4) is 0 Å². The number of carbonyl (C=O) groups is 2. The molecule has 1 heterocycles. The molecule has 0 spiro atoms. The molecule has 0 aromatic carbocycles. The fourth-order valence-corrected chi connectivity index (χ4v) is 6.13. The first-order chi connectivity index (χ1) is 9.02. The van der Waals surface area contributed by atoms with Crippen molar-refractivity contribution >= 4 is 21.8 Å². The quantitative estimate of drug-likeness (QED) is 0.639. The van der Waals surface area contributed by atoms with Crippen LogP contribution in [0, 0.1) is 17.3 Å². The van der Waals surface area contributed by atoms with Gasteiger partial charge in [0.15, 0.2) is 10.9 Å². The van der Waals surface area contributed by atoms with E-state index in [1.165, 1.54) is 0 Å². The zero-order valence-electron chi connectivity index (χ0n) is 12.0. The van der Waals surface area contributed by atoms with Gasteiger partial charge in [0.05, 0.1) is 12.3 Å². The van der Waals surface area contributed by atoms with E-state index in [9.17, 15) is 22.8 Å². The van der Waals surface area contributed by atoms with Gasteiger partial charge < -0.3 is 0 Å². The molecule has 1 aliphatic heterocycles. The van der Waals surface area contributed by atoms with Gasteiger partial charge in [0, 0.05) is 5.25 Å². The van der Waals surface area contributed by atoms with Crippen LogP contribution in [-0.2, 0) is 9.59 Å². The SMILES string of the molecule is CC1C(=O)C(C2CC(C)(C)C2)C(=O)[SH]1CCC(F)(F)F. The van der Waals surface area contributed by atoms with Crippen molar-refractivity contribution in [2.24, 2.45) is 17.3 Å². The Morgan fingerprint density at radius 3 is 2.25 bits per heavy atom. The Morgan fingerprint density at radius 2 is 1.80 bits per heavy atom. The molecule has 0 aromatic heterocycles. The first kappa shape index (κ1) is 15.9. The molecule has 116 valence electrons. The Labute approximate surface area is 119 Å². The molecule has 0 N–H and O–H groups in total. The average molecular weight is 310 g/mol. The van der Waals surface area contributed by atoms with Gasteiger partial charge in [-0.25, -0.2) is 0 Å². The Balaban J connectivity index is 2.03. The minimum absolute atomic E-state index is 0.0610. The molecule has 2 rings (SSSR count).